The largest absolute Gasteiger partial charge is 0.389 e. The summed E-state index contributed by atoms with van der Waals surface area (Å²) in [7, 11) is 0. The lowest BCUT2D eigenvalue weighted by Gasteiger charge is -2.44. The molecule has 0 amide bonds. The van der Waals surface area contributed by atoms with Gasteiger partial charge in [0.05, 0.1) is 5.60 Å². The van der Waals surface area contributed by atoms with Crippen molar-refractivity contribution in [1.29, 1.82) is 0 Å². The molecule has 0 bridgehead atoms. The Hall–Kier alpha value is -0.120. The van der Waals surface area contributed by atoms with Gasteiger partial charge in [-0.25, -0.2) is 0 Å². The molecule has 3 nitrogen and oxygen atoms in total. The van der Waals surface area contributed by atoms with Crippen LogP contribution in [0, 0.1) is 11.3 Å². The highest BCUT2D eigenvalue weighted by Crippen LogP contribution is 2.41. The van der Waals surface area contributed by atoms with Gasteiger partial charge in [0.15, 0.2) is 0 Å². The fourth-order valence-electron chi connectivity index (χ4n) is 4.23. The molecule has 3 unspecified atom stereocenters. The first-order valence-corrected chi connectivity index (χ1v) is 8.79. The lowest BCUT2D eigenvalue weighted by molar-refractivity contribution is 0.0462. The summed E-state index contributed by atoms with van der Waals surface area (Å²) in [6.07, 6.45) is 6.32. The number of nitrogens with one attached hydrogen (secondary N) is 1. The molecule has 21 heavy (non-hydrogen) atoms. The summed E-state index contributed by atoms with van der Waals surface area (Å²) in [5.74, 6) is 0.837. The van der Waals surface area contributed by atoms with Crippen molar-refractivity contribution in [1.82, 2.24) is 10.2 Å². The third kappa shape index (κ3) is 5.22. The molecule has 3 atom stereocenters. The Bertz CT molecular complexity index is 348. The molecule has 0 aromatic heterocycles. The number of aliphatic hydroxyl groups is 1. The molecular formula is C18H36N2O. The van der Waals surface area contributed by atoms with Gasteiger partial charge in [-0.1, -0.05) is 19.8 Å². The smallest absolute Gasteiger partial charge is 0.0758 e. The Labute approximate surface area is 131 Å². The highest BCUT2D eigenvalue weighted by Gasteiger charge is 2.40. The first-order valence-electron chi connectivity index (χ1n) is 8.79. The maximum absolute atomic E-state index is 10.2. The van der Waals surface area contributed by atoms with Crippen LogP contribution in [-0.2, 0) is 0 Å². The van der Waals surface area contributed by atoms with E-state index in [1.54, 1.807) is 0 Å². The van der Waals surface area contributed by atoms with Gasteiger partial charge in [-0.2, -0.15) is 0 Å². The minimum atomic E-state index is -0.473. The van der Waals surface area contributed by atoms with Crippen LogP contribution in [0.1, 0.15) is 66.7 Å². The van der Waals surface area contributed by atoms with Crippen LogP contribution in [0.3, 0.4) is 0 Å². The van der Waals surface area contributed by atoms with Crippen molar-refractivity contribution in [2.75, 3.05) is 26.2 Å². The van der Waals surface area contributed by atoms with Crippen molar-refractivity contribution in [3.05, 3.63) is 0 Å². The Morgan fingerprint density at radius 1 is 1.29 bits per heavy atom. The van der Waals surface area contributed by atoms with E-state index in [1.807, 2.05) is 6.92 Å². The zero-order valence-corrected chi connectivity index (χ0v) is 14.8. The highest BCUT2D eigenvalue weighted by atomic mass is 16.3. The number of likely N-dealkylation sites (tertiary alicyclic amines) is 1. The van der Waals surface area contributed by atoms with Gasteiger partial charge in [-0.15, -0.1) is 0 Å². The topological polar surface area (TPSA) is 35.5 Å². The van der Waals surface area contributed by atoms with Crippen LogP contribution < -0.4 is 5.32 Å². The molecule has 2 aliphatic rings. The van der Waals surface area contributed by atoms with Crippen LogP contribution >= 0.6 is 0 Å². The lowest BCUT2D eigenvalue weighted by atomic mass is 9.69. The van der Waals surface area contributed by atoms with Crippen molar-refractivity contribution in [2.45, 2.75) is 77.9 Å². The van der Waals surface area contributed by atoms with Crippen LogP contribution in [0.25, 0.3) is 0 Å². The van der Waals surface area contributed by atoms with E-state index < -0.39 is 5.60 Å². The van der Waals surface area contributed by atoms with Gasteiger partial charge in [0, 0.05) is 31.7 Å². The number of hydrogen-bond acceptors (Lipinski definition) is 3. The summed E-state index contributed by atoms with van der Waals surface area (Å²) in [6.45, 7) is 15.3. The van der Waals surface area contributed by atoms with Gasteiger partial charge in [0.1, 0.15) is 0 Å². The standard InChI is InChI=1S/C18H36N2O/c1-15-7-6-8-18(11-15,12-19-16(2,3)4)14-20-10-9-17(5,21)13-20/h15,19,21H,6-14H2,1-5H3. The third-order valence-electron chi connectivity index (χ3n) is 5.27. The number of hydrogen-bond donors (Lipinski definition) is 2. The maximum atomic E-state index is 10.2. The van der Waals surface area contributed by atoms with E-state index in [0.717, 1.165) is 38.5 Å². The predicted octanol–water partition coefficient (Wildman–Crippen LogP) is 3.03. The molecule has 0 radical (unpaired) electrons. The van der Waals surface area contributed by atoms with Gasteiger partial charge in [0.25, 0.3) is 0 Å². The molecule has 1 aliphatic heterocycles. The average molecular weight is 296 g/mol. The Morgan fingerprint density at radius 3 is 2.52 bits per heavy atom. The first-order chi connectivity index (χ1) is 9.59. The molecule has 2 N–H and O–H groups in total. The van der Waals surface area contributed by atoms with Crippen LogP contribution in [0.2, 0.25) is 0 Å². The predicted molar refractivity (Wildman–Crippen MR) is 89.5 cm³/mol. The monoisotopic (exact) mass is 296 g/mol. The number of β-amino-alcohol motifs (C(OH)–C–C–N with tert-alkyl or cyclic N) is 1. The van der Waals surface area contributed by atoms with E-state index in [9.17, 15) is 5.11 Å². The SMILES string of the molecule is CC1CCCC(CNC(C)(C)C)(CN2CCC(C)(O)C2)C1. The number of nitrogens with zero attached hydrogens (tertiary/aromatic N) is 1. The molecule has 0 aromatic rings. The average Bonchev–Trinajstić information content (AvgIpc) is 2.65. The Balaban J connectivity index is 2.01. The molecular weight excluding hydrogens is 260 g/mol. The van der Waals surface area contributed by atoms with Gasteiger partial charge in [-0.3, -0.25) is 4.90 Å². The minimum Gasteiger partial charge on any atom is -0.389 e. The lowest BCUT2D eigenvalue weighted by Crippen LogP contribution is -2.50. The zero-order valence-electron chi connectivity index (χ0n) is 14.8. The second-order valence-corrected chi connectivity index (χ2v) is 9.26. The molecule has 2 fully saturated rings. The molecule has 3 heteroatoms. The summed E-state index contributed by atoms with van der Waals surface area (Å²) < 4.78 is 0. The van der Waals surface area contributed by atoms with E-state index in [4.69, 9.17) is 0 Å². The Morgan fingerprint density at radius 2 is 2.00 bits per heavy atom. The summed E-state index contributed by atoms with van der Waals surface area (Å²) in [5, 5.41) is 14.0. The molecule has 1 saturated heterocycles. The summed E-state index contributed by atoms with van der Waals surface area (Å²) in [6, 6.07) is 0. The number of rotatable bonds is 4. The van der Waals surface area contributed by atoms with Gasteiger partial charge >= 0.3 is 0 Å². The van der Waals surface area contributed by atoms with Crippen molar-refractivity contribution in [2.24, 2.45) is 11.3 Å². The van der Waals surface area contributed by atoms with E-state index in [2.05, 4.69) is 37.9 Å². The van der Waals surface area contributed by atoms with Crippen molar-refractivity contribution < 1.29 is 5.11 Å². The van der Waals surface area contributed by atoms with E-state index in [-0.39, 0.29) is 5.54 Å². The quantitative estimate of drug-likeness (QED) is 0.837. The highest BCUT2D eigenvalue weighted by molar-refractivity contribution is 4.95. The van der Waals surface area contributed by atoms with Crippen molar-refractivity contribution >= 4 is 0 Å². The minimum absolute atomic E-state index is 0.185. The van der Waals surface area contributed by atoms with Crippen molar-refractivity contribution in [3.8, 4) is 0 Å². The second kappa shape index (κ2) is 6.17. The van der Waals surface area contributed by atoms with E-state index in [0.29, 0.717) is 5.41 Å². The van der Waals surface area contributed by atoms with E-state index >= 15 is 0 Å². The fourth-order valence-corrected chi connectivity index (χ4v) is 4.23. The molecule has 0 aromatic carbocycles. The molecule has 124 valence electrons. The molecule has 1 saturated carbocycles. The first kappa shape index (κ1) is 17.2. The van der Waals surface area contributed by atoms with E-state index in [1.165, 1.54) is 25.7 Å². The van der Waals surface area contributed by atoms with Gasteiger partial charge < -0.3 is 10.4 Å². The summed E-state index contributed by atoms with van der Waals surface area (Å²) in [5.41, 5.74) is 0.106. The summed E-state index contributed by atoms with van der Waals surface area (Å²) >= 11 is 0. The second-order valence-electron chi connectivity index (χ2n) is 9.26. The summed E-state index contributed by atoms with van der Waals surface area (Å²) in [4.78, 5) is 2.50. The van der Waals surface area contributed by atoms with Crippen molar-refractivity contribution in [3.63, 3.8) is 0 Å². The normalized spacial score (nSPS) is 38.9. The van der Waals surface area contributed by atoms with Crippen LogP contribution in [0.5, 0.6) is 0 Å². The third-order valence-corrected chi connectivity index (χ3v) is 5.27. The molecule has 2 rings (SSSR count). The molecule has 0 spiro atoms. The molecule has 1 heterocycles. The molecule has 1 aliphatic carbocycles. The van der Waals surface area contributed by atoms with Crippen LogP contribution in [0.15, 0.2) is 0 Å². The van der Waals surface area contributed by atoms with Crippen LogP contribution in [-0.4, -0.2) is 47.3 Å². The van der Waals surface area contributed by atoms with Crippen LogP contribution in [0.4, 0.5) is 0 Å². The maximum Gasteiger partial charge on any atom is 0.0758 e. The van der Waals surface area contributed by atoms with Gasteiger partial charge in [-0.05, 0) is 58.3 Å². The van der Waals surface area contributed by atoms with Gasteiger partial charge in [0.2, 0.25) is 0 Å². The Kier molecular flexibility index (Phi) is 5.07. The fraction of sp³-hybridized carbons (Fsp3) is 1.00. The zero-order chi connectivity index (χ0) is 15.7.